The van der Waals surface area contributed by atoms with Crippen molar-refractivity contribution in [1.82, 2.24) is 0 Å². The molecule has 2 nitrogen and oxygen atoms in total. The van der Waals surface area contributed by atoms with Gasteiger partial charge < -0.3 is 11.5 Å². The molecule has 0 fully saturated rings. The first-order valence-electron chi connectivity index (χ1n) is 9.96. The predicted molar refractivity (Wildman–Crippen MR) is 122 cm³/mol. The third kappa shape index (κ3) is 2.35. The number of benzene rings is 4. The Balaban J connectivity index is 2.00. The predicted octanol–water partition coefficient (Wildman–Crippen LogP) is 5.83. The normalized spacial score (nSPS) is 13.7. The number of anilines is 2. The third-order valence-electron chi connectivity index (χ3n) is 6.28. The minimum absolute atomic E-state index is 0.399. The minimum atomic E-state index is -0.399. The van der Waals surface area contributed by atoms with Crippen molar-refractivity contribution in [3.63, 3.8) is 0 Å². The standard InChI is InChI=1S/C27H24N2/c1-17-5-4-8-24-25(17)23-7-3-6-18(2)26(23)27(24,19-9-13-21(28)14-10-19)20-11-15-22(29)16-12-20/h3-16H,28-29H2,1-2H3. The van der Waals surface area contributed by atoms with Gasteiger partial charge in [-0.15, -0.1) is 0 Å². The molecular weight excluding hydrogens is 352 g/mol. The van der Waals surface area contributed by atoms with Crippen LogP contribution in [0.5, 0.6) is 0 Å². The van der Waals surface area contributed by atoms with Gasteiger partial charge in [-0.25, -0.2) is 0 Å². The number of rotatable bonds is 2. The average molecular weight is 377 g/mol. The summed E-state index contributed by atoms with van der Waals surface area (Å²) in [7, 11) is 0. The SMILES string of the molecule is Cc1cccc2c1-c1cccc(C)c1C2(c1ccc(N)cc1)c1ccc(N)cc1. The largest absolute Gasteiger partial charge is 0.399 e. The summed E-state index contributed by atoms with van der Waals surface area (Å²) in [6.07, 6.45) is 0. The van der Waals surface area contributed by atoms with Gasteiger partial charge in [-0.3, -0.25) is 0 Å². The van der Waals surface area contributed by atoms with Crippen LogP contribution in [0.1, 0.15) is 33.4 Å². The molecule has 4 aromatic rings. The molecule has 0 unspecified atom stereocenters. The Labute approximate surface area is 171 Å². The number of nitrogens with two attached hydrogens (primary N) is 2. The molecule has 0 atom stereocenters. The zero-order valence-electron chi connectivity index (χ0n) is 16.7. The summed E-state index contributed by atoms with van der Waals surface area (Å²) in [5.74, 6) is 0. The van der Waals surface area contributed by atoms with Gasteiger partial charge in [0.25, 0.3) is 0 Å². The molecule has 0 heterocycles. The molecule has 0 bridgehead atoms. The summed E-state index contributed by atoms with van der Waals surface area (Å²) in [4.78, 5) is 0. The highest BCUT2D eigenvalue weighted by atomic mass is 14.6. The zero-order chi connectivity index (χ0) is 20.2. The molecule has 0 aliphatic heterocycles. The van der Waals surface area contributed by atoms with Gasteiger partial charge in [0.05, 0.1) is 5.41 Å². The Hall–Kier alpha value is -3.52. The van der Waals surface area contributed by atoms with E-state index >= 15 is 0 Å². The van der Waals surface area contributed by atoms with E-state index < -0.39 is 5.41 Å². The maximum atomic E-state index is 6.05. The van der Waals surface area contributed by atoms with Crippen molar-refractivity contribution in [1.29, 1.82) is 0 Å². The third-order valence-corrected chi connectivity index (χ3v) is 6.28. The van der Waals surface area contributed by atoms with Crippen LogP contribution in [0.15, 0.2) is 84.9 Å². The molecule has 0 saturated heterocycles. The van der Waals surface area contributed by atoms with Crippen LogP contribution in [0.3, 0.4) is 0 Å². The molecule has 0 amide bonds. The van der Waals surface area contributed by atoms with Gasteiger partial charge in [0.2, 0.25) is 0 Å². The van der Waals surface area contributed by atoms with Crippen LogP contribution >= 0.6 is 0 Å². The monoisotopic (exact) mass is 376 g/mol. The fraction of sp³-hybridized carbons (Fsp3) is 0.111. The molecule has 2 heteroatoms. The van der Waals surface area contributed by atoms with Gasteiger partial charge in [-0.1, -0.05) is 60.7 Å². The molecule has 0 radical (unpaired) electrons. The van der Waals surface area contributed by atoms with Gasteiger partial charge in [-0.2, -0.15) is 0 Å². The van der Waals surface area contributed by atoms with E-state index in [1.807, 2.05) is 24.3 Å². The van der Waals surface area contributed by atoms with E-state index in [0.717, 1.165) is 11.4 Å². The van der Waals surface area contributed by atoms with Crippen LogP contribution in [0.4, 0.5) is 11.4 Å². The second-order valence-corrected chi connectivity index (χ2v) is 7.99. The molecule has 0 saturated carbocycles. The molecule has 0 aromatic heterocycles. The van der Waals surface area contributed by atoms with E-state index in [-0.39, 0.29) is 0 Å². The van der Waals surface area contributed by atoms with E-state index in [1.54, 1.807) is 0 Å². The van der Waals surface area contributed by atoms with E-state index in [0.29, 0.717) is 0 Å². The average Bonchev–Trinajstić information content (AvgIpc) is 3.03. The minimum Gasteiger partial charge on any atom is -0.399 e. The lowest BCUT2D eigenvalue weighted by molar-refractivity contribution is 0.762. The topological polar surface area (TPSA) is 52.0 Å². The van der Waals surface area contributed by atoms with Crippen molar-refractivity contribution >= 4 is 11.4 Å². The van der Waals surface area contributed by atoms with E-state index in [2.05, 4.69) is 74.5 Å². The maximum Gasteiger partial charge on any atom is 0.0716 e. The fourth-order valence-electron chi connectivity index (χ4n) is 5.08. The van der Waals surface area contributed by atoms with Crippen molar-refractivity contribution in [2.24, 2.45) is 0 Å². The number of hydrogen-bond donors (Lipinski definition) is 2. The van der Waals surface area contributed by atoms with Crippen molar-refractivity contribution < 1.29 is 0 Å². The lowest BCUT2D eigenvalue weighted by Gasteiger charge is -2.35. The number of nitrogen functional groups attached to an aromatic ring is 2. The highest BCUT2D eigenvalue weighted by molar-refractivity contribution is 5.89. The summed E-state index contributed by atoms with van der Waals surface area (Å²) in [6.45, 7) is 4.41. The van der Waals surface area contributed by atoms with Crippen molar-refractivity contribution in [3.8, 4) is 11.1 Å². The first kappa shape index (κ1) is 17.6. The molecule has 142 valence electrons. The van der Waals surface area contributed by atoms with Crippen LogP contribution in [-0.2, 0) is 5.41 Å². The van der Waals surface area contributed by atoms with E-state index in [9.17, 15) is 0 Å². The molecule has 4 aromatic carbocycles. The van der Waals surface area contributed by atoms with Crippen LogP contribution in [0.2, 0.25) is 0 Å². The Morgan fingerprint density at radius 1 is 0.586 bits per heavy atom. The highest BCUT2D eigenvalue weighted by Gasteiger charge is 2.47. The van der Waals surface area contributed by atoms with Crippen molar-refractivity contribution in [2.45, 2.75) is 19.3 Å². The van der Waals surface area contributed by atoms with Gasteiger partial charge in [0.1, 0.15) is 0 Å². The van der Waals surface area contributed by atoms with Crippen molar-refractivity contribution in [3.05, 3.63) is 118 Å². The second kappa shape index (κ2) is 6.25. The molecule has 1 aliphatic carbocycles. The first-order valence-corrected chi connectivity index (χ1v) is 9.96. The zero-order valence-corrected chi connectivity index (χ0v) is 16.7. The summed E-state index contributed by atoms with van der Waals surface area (Å²) in [5, 5.41) is 0. The Morgan fingerprint density at radius 3 is 1.69 bits per heavy atom. The number of fused-ring (bicyclic) bond motifs is 3. The molecule has 5 rings (SSSR count). The van der Waals surface area contributed by atoms with Crippen LogP contribution < -0.4 is 11.5 Å². The van der Waals surface area contributed by atoms with Gasteiger partial charge in [0, 0.05) is 11.4 Å². The molecule has 4 N–H and O–H groups in total. The second-order valence-electron chi connectivity index (χ2n) is 7.99. The molecule has 29 heavy (non-hydrogen) atoms. The fourth-order valence-corrected chi connectivity index (χ4v) is 5.08. The van der Waals surface area contributed by atoms with Crippen LogP contribution in [-0.4, -0.2) is 0 Å². The Kier molecular flexibility index (Phi) is 3.78. The lowest BCUT2D eigenvalue weighted by atomic mass is 9.66. The summed E-state index contributed by atoms with van der Waals surface area (Å²) < 4.78 is 0. The lowest BCUT2D eigenvalue weighted by Crippen LogP contribution is -2.29. The summed E-state index contributed by atoms with van der Waals surface area (Å²) >= 11 is 0. The van der Waals surface area contributed by atoms with Crippen LogP contribution in [0.25, 0.3) is 11.1 Å². The van der Waals surface area contributed by atoms with Crippen molar-refractivity contribution in [2.75, 3.05) is 11.5 Å². The van der Waals surface area contributed by atoms with Crippen LogP contribution in [0, 0.1) is 13.8 Å². The molecular formula is C27H24N2. The molecule has 1 aliphatic rings. The first-order chi connectivity index (χ1) is 14.0. The number of aryl methyl sites for hydroxylation is 2. The smallest absolute Gasteiger partial charge is 0.0716 e. The van der Waals surface area contributed by atoms with E-state index in [4.69, 9.17) is 11.5 Å². The summed E-state index contributed by atoms with van der Waals surface area (Å²) in [5.41, 5.74) is 23.6. The number of hydrogen-bond acceptors (Lipinski definition) is 2. The van der Waals surface area contributed by atoms with Gasteiger partial charge in [-0.05, 0) is 82.6 Å². The van der Waals surface area contributed by atoms with Gasteiger partial charge >= 0.3 is 0 Å². The molecule has 0 spiro atoms. The van der Waals surface area contributed by atoms with E-state index in [1.165, 1.54) is 44.5 Å². The Morgan fingerprint density at radius 2 is 1.10 bits per heavy atom. The Bertz CT molecular complexity index is 1170. The quantitative estimate of drug-likeness (QED) is 0.381. The van der Waals surface area contributed by atoms with Gasteiger partial charge in [0.15, 0.2) is 0 Å². The highest BCUT2D eigenvalue weighted by Crippen LogP contribution is 2.57. The maximum absolute atomic E-state index is 6.05. The summed E-state index contributed by atoms with van der Waals surface area (Å²) in [6, 6.07) is 29.9.